The zero-order valence-electron chi connectivity index (χ0n) is 18.0. The summed E-state index contributed by atoms with van der Waals surface area (Å²) in [6.07, 6.45) is 8.20. The van der Waals surface area contributed by atoms with Crippen LogP contribution in [0, 0.1) is 0 Å². The Morgan fingerprint density at radius 3 is 2.68 bits per heavy atom. The second-order valence-electron chi connectivity index (χ2n) is 8.29. The molecule has 0 atom stereocenters. The molecule has 31 heavy (non-hydrogen) atoms. The fourth-order valence-electron chi connectivity index (χ4n) is 4.15. The van der Waals surface area contributed by atoms with E-state index >= 15 is 0 Å². The molecule has 3 heterocycles. The van der Waals surface area contributed by atoms with Gasteiger partial charge in [0.1, 0.15) is 16.7 Å². The Morgan fingerprint density at radius 1 is 1.26 bits per heavy atom. The van der Waals surface area contributed by atoms with Gasteiger partial charge in [0.25, 0.3) is 0 Å². The van der Waals surface area contributed by atoms with E-state index in [1.165, 1.54) is 11.7 Å². The summed E-state index contributed by atoms with van der Waals surface area (Å²) in [7, 11) is 1.53. The highest BCUT2D eigenvalue weighted by atomic mass is 16.5. The molecule has 0 aromatic carbocycles. The van der Waals surface area contributed by atoms with Gasteiger partial charge in [-0.15, -0.1) is 0 Å². The predicted octanol–water partition coefficient (Wildman–Crippen LogP) is 2.47. The van der Waals surface area contributed by atoms with Crippen molar-refractivity contribution in [2.45, 2.75) is 57.5 Å². The number of fused-ring (bicyclic) bond motifs is 1. The Balaban J connectivity index is 1.89. The molecule has 10 nitrogen and oxygen atoms in total. The van der Waals surface area contributed by atoms with Crippen molar-refractivity contribution in [1.82, 2.24) is 24.1 Å². The van der Waals surface area contributed by atoms with Crippen LogP contribution in [0.2, 0.25) is 0 Å². The summed E-state index contributed by atoms with van der Waals surface area (Å²) < 4.78 is 8.39. The van der Waals surface area contributed by atoms with E-state index in [1.54, 1.807) is 42.9 Å². The highest BCUT2D eigenvalue weighted by molar-refractivity contribution is 5.85. The molecule has 4 rings (SSSR count). The van der Waals surface area contributed by atoms with Gasteiger partial charge in [0.15, 0.2) is 5.65 Å². The topological polar surface area (TPSA) is 130 Å². The Labute approximate surface area is 179 Å². The van der Waals surface area contributed by atoms with E-state index in [2.05, 4.69) is 20.3 Å². The molecule has 1 aliphatic rings. The molecule has 3 aromatic rings. The van der Waals surface area contributed by atoms with Crippen LogP contribution in [0.15, 0.2) is 29.3 Å². The number of methoxy groups -OCH3 is 1. The number of anilines is 2. The first kappa shape index (κ1) is 20.8. The molecule has 10 heteroatoms. The monoisotopic (exact) mass is 425 g/mol. The molecular formula is C21H27N7O3. The minimum absolute atomic E-state index is 0.0179. The van der Waals surface area contributed by atoms with Crippen molar-refractivity contribution in [2.75, 3.05) is 12.4 Å². The average Bonchev–Trinajstić information content (AvgIpc) is 3.06. The zero-order chi connectivity index (χ0) is 22.2. The lowest BCUT2D eigenvalue weighted by atomic mass is 9.95. The Kier molecular flexibility index (Phi) is 5.38. The molecule has 1 aliphatic carbocycles. The second-order valence-corrected chi connectivity index (χ2v) is 8.29. The van der Waals surface area contributed by atoms with Gasteiger partial charge in [0.05, 0.1) is 13.3 Å². The zero-order valence-corrected chi connectivity index (χ0v) is 18.0. The van der Waals surface area contributed by atoms with Crippen LogP contribution in [0.4, 0.5) is 11.6 Å². The molecule has 3 aromatic heterocycles. The number of aromatic nitrogens is 5. The van der Waals surface area contributed by atoms with Crippen LogP contribution in [-0.4, -0.2) is 37.1 Å². The number of pyridine rings is 1. The second kappa shape index (κ2) is 8.01. The standard InChI is InChI=1S/C21H27N7O3/c1-21(2,18(22)29)28-15-12-24-19(25-14-10-7-11-23-17(14)31-3)26-16(15)27(20(28)30)13-8-5-4-6-9-13/h7,10-13H,4-6,8-9H2,1-3H3,(H2,22,29)(H,24,25,26). The van der Waals surface area contributed by atoms with E-state index in [1.807, 2.05) is 0 Å². The number of nitrogens with two attached hydrogens (primary N) is 1. The lowest BCUT2D eigenvalue weighted by Gasteiger charge is -2.24. The molecule has 164 valence electrons. The van der Waals surface area contributed by atoms with E-state index in [4.69, 9.17) is 10.5 Å². The number of nitrogens with zero attached hydrogens (tertiary/aromatic N) is 5. The van der Waals surface area contributed by atoms with Gasteiger partial charge in [-0.25, -0.2) is 14.8 Å². The summed E-state index contributed by atoms with van der Waals surface area (Å²) in [6.45, 7) is 3.27. The molecule has 0 radical (unpaired) electrons. The SMILES string of the molecule is COc1ncccc1Nc1ncc2c(n1)n(C1CCCCC1)c(=O)n2C(C)(C)C(N)=O. The van der Waals surface area contributed by atoms with Crippen molar-refractivity contribution >= 4 is 28.7 Å². The molecule has 0 aliphatic heterocycles. The van der Waals surface area contributed by atoms with Crippen LogP contribution in [0.5, 0.6) is 5.88 Å². The van der Waals surface area contributed by atoms with Crippen molar-refractivity contribution in [3.8, 4) is 5.88 Å². The number of primary amides is 1. The third-order valence-electron chi connectivity index (χ3n) is 5.93. The largest absolute Gasteiger partial charge is 0.480 e. The van der Waals surface area contributed by atoms with Crippen molar-refractivity contribution in [1.29, 1.82) is 0 Å². The predicted molar refractivity (Wildman–Crippen MR) is 116 cm³/mol. The molecule has 1 amide bonds. The molecule has 0 spiro atoms. The number of hydrogen-bond acceptors (Lipinski definition) is 7. The third kappa shape index (κ3) is 3.62. The minimum Gasteiger partial charge on any atom is -0.480 e. The Hall–Kier alpha value is -3.43. The fraction of sp³-hybridized carbons (Fsp3) is 0.476. The highest BCUT2D eigenvalue weighted by Crippen LogP contribution is 2.31. The van der Waals surface area contributed by atoms with Crippen LogP contribution in [-0.2, 0) is 10.3 Å². The summed E-state index contributed by atoms with van der Waals surface area (Å²) in [6, 6.07) is 3.59. The number of hydrogen-bond donors (Lipinski definition) is 2. The van der Waals surface area contributed by atoms with Gasteiger partial charge >= 0.3 is 5.69 Å². The van der Waals surface area contributed by atoms with Crippen LogP contribution in [0.1, 0.15) is 52.0 Å². The number of amides is 1. The maximum atomic E-state index is 13.5. The molecule has 1 saturated carbocycles. The van der Waals surface area contributed by atoms with Gasteiger partial charge in [-0.05, 0) is 38.8 Å². The van der Waals surface area contributed by atoms with Gasteiger partial charge in [-0.2, -0.15) is 4.98 Å². The van der Waals surface area contributed by atoms with Gasteiger partial charge in [-0.3, -0.25) is 13.9 Å². The molecule has 0 saturated heterocycles. The number of carbonyl (C=O) groups excluding carboxylic acids is 1. The van der Waals surface area contributed by atoms with Crippen LogP contribution in [0.3, 0.4) is 0 Å². The van der Waals surface area contributed by atoms with Crippen LogP contribution < -0.4 is 21.5 Å². The number of imidazole rings is 1. The number of ether oxygens (including phenoxy) is 1. The summed E-state index contributed by atoms with van der Waals surface area (Å²) >= 11 is 0. The molecule has 0 unspecified atom stereocenters. The van der Waals surface area contributed by atoms with Crippen molar-refractivity contribution in [2.24, 2.45) is 5.73 Å². The van der Waals surface area contributed by atoms with E-state index in [9.17, 15) is 9.59 Å². The lowest BCUT2D eigenvalue weighted by molar-refractivity contribution is -0.125. The molecule has 0 bridgehead atoms. The first-order chi connectivity index (χ1) is 14.8. The summed E-state index contributed by atoms with van der Waals surface area (Å²) in [5.41, 5.74) is 5.67. The van der Waals surface area contributed by atoms with Crippen molar-refractivity contribution in [3.63, 3.8) is 0 Å². The van der Waals surface area contributed by atoms with E-state index in [0.717, 1.165) is 32.1 Å². The van der Waals surface area contributed by atoms with Gasteiger partial charge in [0, 0.05) is 12.2 Å². The Bertz CT molecular complexity index is 1180. The molecule has 1 fully saturated rings. The first-order valence-corrected chi connectivity index (χ1v) is 10.4. The fourth-order valence-corrected chi connectivity index (χ4v) is 4.15. The van der Waals surface area contributed by atoms with E-state index in [-0.39, 0.29) is 11.7 Å². The summed E-state index contributed by atoms with van der Waals surface area (Å²) in [5, 5.41) is 3.11. The first-order valence-electron chi connectivity index (χ1n) is 10.4. The van der Waals surface area contributed by atoms with E-state index < -0.39 is 11.4 Å². The number of rotatable bonds is 6. The smallest absolute Gasteiger partial charge is 0.331 e. The highest BCUT2D eigenvalue weighted by Gasteiger charge is 2.34. The minimum atomic E-state index is -1.22. The van der Waals surface area contributed by atoms with Gasteiger partial charge in [-0.1, -0.05) is 19.3 Å². The van der Waals surface area contributed by atoms with Crippen LogP contribution in [0.25, 0.3) is 11.2 Å². The maximum Gasteiger partial charge on any atom is 0.331 e. The molecule has 3 N–H and O–H groups in total. The van der Waals surface area contributed by atoms with Crippen molar-refractivity contribution in [3.05, 3.63) is 35.0 Å². The quantitative estimate of drug-likeness (QED) is 0.620. The lowest BCUT2D eigenvalue weighted by Crippen LogP contribution is -2.46. The Morgan fingerprint density at radius 2 is 2.00 bits per heavy atom. The van der Waals surface area contributed by atoms with Crippen LogP contribution >= 0.6 is 0 Å². The maximum absolute atomic E-state index is 13.5. The van der Waals surface area contributed by atoms with E-state index in [0.29, 0.717) is 28.7 Å². The third-order valence-corrected chi connectivity index (χ3v) is 5.93. The number of carbonyl (C=O) groups is 1. The molecular weight excluding hydrogens is 398 g/mol. The number of nitrogens with one attached hydrogen (secondary N) is 1. The van der Waals surface area contributed by atoms with Gasteiger partial charge < -0.3 is 15.8 Å². The van der Waals surface area contributed by atoms with Gasteiger partial charge in [0.2, 0.25) is 17.7 Å². The summed E-state index contributed by atoms with van der Waals surface area (Å²) in [4.78, 5) is 38.9. The average molecular weight is 425 g/mol. The summed E-state index contributed by atoms with van der Waals surface area (Å²) in [5.74, 6) is 0.111. The van der Waals surface area contributed by atoms with Crippen molar-refractivity contribution < 1.29 is 9.53 Å². The normalized spacial score (nSPS) is 15.2.